The van der Waals surface area contributed by atoms with E-state index in [9.17, 15) is 4.79 Å². The third-order valence-corrected chi connectivity index (χ3v) is 5.00. The molecule has 0 saturated carbocycles. The maximum absolute atomic E-state index is 11.8. The molecule has 2 unspecified atom stereocenters. The number of amides is 1. The maximum Gasteiger partial charge on any atom is 0.222 e. The lowest BCUT2D eigenvalue weighted by atomic mass is 9.85. The van der Waals surface area contributed by atoms with Crippen LogP contribution in [0.5, 0.6) is 0 Å². The highest BCUT2D eigenvalue weighted by molar-refractivity contribution is 8.08. The fourth-order valence-corrected chi connectivity index (χ4v) is 3.93. The van der Waals surface area contributed by atoms with E-state index in [-0.39, 0.29) is 17.7 Å². The van der Waals surface area contributed by atoms with Crippen LogP contribution in [-0.2, 0) is 4.79 Å². The molecular weight excluding hydrogens is 278 g/mol. The molecule has 0 fully saturated rings. The van der Waals surface area contributed by atoms with E-state index in [2.05, 4.69) is 30.3 Å². The van der Waals surface area contributed by atoms with E-state index < -0.39 is 0 Å². The lowest BCUT2D eigenvalue weighted by molar-refractivity contribution is -0.121. The quantitative estimate of drug-likeness (QED) is 0.939. The molecule has 0 aromatic heterocycles. The highest BCUT2D eigenvalue weighted by Gasteiger charge is 2.30. The fourth-order valence-electron chi connectivity index (χ4n) is 2.66. The molecule has 2 nitrogen and oxygen atoms in total. The second-order valence-corrected chi connectivity index (χ2v) is 6.22. The van der Waals surface area contributed by atoms with Crippen LogP contribution in [-0.4, -0.2) is 11.7 Å². The molecule has 2 aromatic rings. The fraction of sp³-hybridized carbons (Fsp3) is 0.167. The van der Waals surface area contributed by atoms with Crippen LogP contribution in [0.3, 0.4) is 0 Å². The van der Waals surface area contributed by atoms with E-state index in [1.807, 2.05) is 36.4 Å². The van der Waals surface area contributed by atoms with Gasteiger partial charge < -0.3 is 5.73 Å². The van der Waals surface area contributed by atoms with Crippen LogP contribution in [0.15, 0.2) is 66.7 Å². The number of carbonyl (C=O) groups excluding carboxylic acids is 1. The summed E-state index contributed by atoms with van der Waals surface area (Å²) in [5, 5.41) is 0. The van der Waals surface area contributed by atoms with Crippen LogP contribution < -0.4 is 5.73 Å². The van der Waals surface area contributed by atoms with E-state index in [4.69, 9.17) is 5.73 Å². The first-order valence-electron chi connectivity index (χ1n) is 7.00. The summed E-state index contributed by atoms with van der Waals surface area (Å²) in [5.41, 5.74) is 7.95. The highest BCUT2D eigenvalue weighted by atomic mass is 32.2. The van der Waals surface area contributed by atoms with E-state index in [0.717, 1.165) is 11.3 Å². The van der Waals surface area contributed by atoms with Crippen molar-refractivity contribution in [2.45, 2.75) is 5.92 Å². The number of hydrogen-bond acceptors (Lipinski definition) is 2. The van der Waals surface area contributed by atoms with Gasteiger partial charge in [-0.15, -0.1) is 11.8 Å². The minimum absolute atomic E-state index is 0.0557. The molecular formula is C18H17NOS. The molecule has 0 aliphatic carbocycles. The number of primary amides is 1. The maximum atomic E-state index is 11.8. The lowest BCUT2D eigenvalue weighted by Crippen LogP contribution is -2.31. The first-order chi connectivity index (χ1) is 10.3. The van der Waals surface area contributed by atoms with E-state index in [1.165, 1.54) is 10.5 Å². The standard InChI is InChI=1S/C18H17NOS/c19-18(20)16-12-21-17(14-9-5-2-6-10-14)11-15(16)13-7-3-1-4-8-13/h1-11,15-16H,12H2,(H2,19,20). The molecule has 1 amide bonds. The first kappa shape index (κ1) is 14.0. The second-order valence-electron chi connectivity index (χ2n) is 5.15. The molecule has 21 heavy (non-hydrogen) atoms. The van der Waals surface area contributed by atoms with Gasteiger partial charge in [0.15, 0.2) is 0 Å². The van der Waals surface area contributed by atoms with Crippen molar-refractivity contribution in [1.29, 1.82) is 0 Å². The van der Waals surface area contributed by atoms with E-state index in [0.29, 0.717) is 0 Å². The minimum atomic E-state index is -0.222. The zero-order valence-corrected chi connectivity index (χ0v) is 12.4. The van der Waals surface area contributed by atoms with Gasteiger partial charge in [-0.1, -0.05) is 66.7 Å². The number of thioether (sulfide) groups is 1. The van der Waals surface area contributed by atoms with E-state index >= 15 is 0 Å². The SMILES string of the molecule is NC(=O)C1CSC(c2ccccc2)=CC1c1ccccc1. The smallest absolute Gasteiger partial charge is 0.222 e. The average Bonchev–Trinajstić information content (AvgIpc) is 2.56. The Kier molecular flexibility index (Phi) is 4.11. The minimum Gasteiger partial charge on any atom is -0.369 e. The molecule has 2 N–H and O–H groups in total. The van der Waals surface area contributed by atoms with Crippen LogP contribution in [0.4, 0.5) is 0 Å². The van der Waals surface area contributed by atoms with Crippen molar-refractivity contribution in [1.82, 2.24) is 0 Å². The van der Waals surface area contributed by atoms with Crippen molar-refractivity contribution in [3.63, 3.8) is 0 Å². The largest absolute Gasteiger partial charge is 0.369 e. The predicted octanol–water partition coefficient (Wildman–Crippen LogP) is 3.66. The van der Waals surface area contributed by atoms with Crippen molar-refractivity contribution in [2.24, 2.45) is 11.7 Å². The van der Waals surface area contributed by atoms with Gasteiger partial charge in [0.25, 0.3) is 0 Å². The van der Waals surface area contributed by atoms with Crippen molar-refractivity contribution in [3.05, 3.63) is 77.9 Å². The number of allylic oxidation sites excluding steroid dienone is 1. The van der Waals surface area contributed by atoms with Crippen LogP contribution >= 0.6 is 11.8 Å². The second kappa shape index (κ2) is 6.19. The Balaban J connectivity index is 2.00. The third-order valence-electron chi connectivity index (χ3n) is 3.79. The molecule has 0 spiro atoms. The normalized spacial score (nSPS) is 21.6. The van der Waals surface area contributed by atoms with Gasteiger partial charge in [-0.05, 0) is 11.1 Å². The Morgan fingerprint density at radius 3 is 2.24 bits per heavy atom. The monoisotopic (exact) mass is 295 g/mol. The van der Waals surface area contributed by atoms with Crippen LogP contribution in [0.2, 0.25) is 0 Å². The zero-order valence-electron chi connectivity index (χ0n) is 11.6. The van der Waals surface area contributed by atoms with Gasteiger partial charge in [-0.25, -0.2) is 0 Å². The number of rotatable bonds is 3. The van der Waals surface area contributed by atoms with Gasteiger partial charge in [0.1, 0.15) is 0 Å². The van der Waals surface area contributed by atoms with Crippen LogP contribution in [0.1, 0.15) is 17.0 Å². The summed E-state index contributed by atoms with van der Waals surface area (Å²) in [5.74, 6) is 0.417. The summed E-state index contributed by atoms with van der Waals surface area (Å²) in [4.78, 5) is 13.0. The van der Waals surface area contributed by atoms with Crippen LogP contribution in [0.25, 0.3) is 4.91 Å². The summed E-state index contributed by atoms with van der Waals surface area (Å²) >= 11 is 1.71. The molecule has 1 aliphatic rings. The summed E-state index contributed by atoms with van der Waals surface area (Å²) < 4.78 is 0. The van der Waals surface area contributed by atoms with Gasteiger partial charge in [0, 0.05) is 16.6 Å². The molecule has 106 valence electrons. The molecule has 1 heterocycles. The van der Waals surface area contributed by atoms with Gasteiger partial charge in [-0.2, -0.15) is 0 Å². The summed E-state index contributed by atoms with van der Waals surface area (Å²) in [6.45, 7) is 0. The Morgan fingerprint density at radius 1 is 1.00 bits per heavy atom. The molecule has 0 bridgehead atoms. The topological polar surface area (TPSA) is 43.1 Å². The molecule has 0 radical (unpaired) electrons. The third kappa shape index (κ3) is 3.03. The number of benzene rings is 2. The van der Waals surface area contributed by atoms with Gasteiger partial charge in [0.2, 0.25) is 5.91 Å². The zero-order chi connectivity index (χ0) is 14.7. The van der Waals surface area contributed by atoms with Gasteiger partial charge in [0.05, 0.1) is 5.92 Å². The Hall–Kier alpha value is -2.00. The van der Waals surface area contributed by atoms with Crippen molar-refractivity contribution >= 4 is 22.6 Å². The van der Waals surface area contributed by atoms with Gasteiger partial charge >= 0.3 is 0 Å². The summed E-state index contributed by atoms with van der Waals surface area (Å²) in [6, 6.07) is 20.4. The molecule has 3 heteroatoms. The average molecular weight is 295 g/mol. The Bertz CT molecular complexity index is 651. The predicted molar refractivity (Wildman–Crippen MR) is 88.7 cm³/mol. The van der Waals surface area contributed by atoms with Crippen molar-refractivity contribution in [3.8, 4) is 0 Å². The lowest BCUT2D eigenvalue weighted by Gasteiger charge is -2.28. The van der Waals surface area contributed by atoms with Crippen LogP contribution in [0, 0.1) is 5.92 Å². The van der Waals surface area contributed by atoms with Gasteiger partial charge in [-0.3, -0.25) is 4.79 Å². The number of carbonyl (C=O) groups is 1. The Morgan fingerprint density at radius 2 is 1.62 bits per heavy atom. The molecule has 2 atom stereocenters. The Labute approximate surface area is 129 Å². The molecule has 3 rings (SSSR count). The molecule has 0 saturated heterocycles. The number of nitrogens with two attached hydrogens (primary N) is 1. The van der Waals surface area contributed by atoms with Crippen molar-refractivity contribution in [2.75, 3.05) is 5.75 Å². The molecule has 1 aliphatic heterocycles. The first-order valence-corrected chi connectivity index (χ1v) is 7.98. The highest BCUT2D eigenvalue weighted by Crippen LogP contribution is 2.42. The van der Waals surface area contributed by atoms with Crippen molar-refractivity contribution < 1.29 is 4.79 Å². The van der Waals surface area contributed by atoms with E-state index in [1.54, 1.807) is 11.8 Å². The summed E-state index contributed by atoms with van der Waals surface area (Å²) in [6.07, 6.45) is 2.19. The number of hydrogen-bond donors (Lipinski definition) is 1. The molecule has 2 aromatic carbocycles. The summed E-state index contributed by atoms with van der Waals surface area (Å²) in [7, 11) is 0.